The maximum Gasteiger partial charge on any atom is 0.232 e. The maximum atomic E-state index is 11.9. The standard InChI is InChI=1S/C17H19N3O2S/c1-3-10-23(21,22)20-13-4-5-14(12(2)11-13)15-6-8-18-17-16(15)7-9-19-17/h4-9,11,20H,3,10H2,1-2H3,(H,18,19). The van der Waals surface area contributed by atoms with E-state index in [1.165, 1.54) is 0 Å². The van der Waals surface area contributed by atoms with Crippen LogP contribution in [0.25, 0.3) is 22.2 Å². The van der Waals surface area contributed by atoms with Crippen LogP contribution < -0.4 is 4.72 Å². The van der Waals surface area contributed by atoms with E-state index in [1.807, 2.05) is 44.3 Å². The molecule has 0 bridgehead atoms. The van der Waals surface area contributed by atoms with Gasteiger partial charge >= 0.3 is 0 Å². The molecular weight excluding hydrogens is 310 g/mol. The van der Waals surface area contributed by atoms with E-state index in [0.29, 0.717) is 12.1 Å². The quantitative estimate of drug-likeness (QED) is 0.749. The fourth-order valence-electron chi connectivity index (χ4n) is 2.72. The van der Waals surface area contributed by atoms with E-state index in [1.54, 1.807) is 12.3 Å². The van der Waals surface area contributed by atoms with Crippen molar-refractivity contribution >= 4 is 26.7 Å². The molecule has 0 fully saturated rings. The Morgan fingerprint density at radius 1 is 1.17 bits per heavy atom. The summed E-state index contributed by atoms with van der Waals surface area (Å²) in [4.78, 5) is 7.40. The van der Waals surface area contributed by atoms with E-state index in [-0.39, 0.29) is 5.75 Å². The van der Waals surface area contributed by atoms with Gasteiger partial charge < -0.3 is 4.98 Å². The number of fused-ring (bicyclic) bond motifs is 1. The number of aromatic amines is 1. The van der Waals surface area contributed by atoms with Crippen molar-refractivity contribution in [3.63, 3.8) is 0 Å². The average molecular weight is 329 g/mol. The fourth-order valence-corrected chi connectivity index (χ4v) is 3.85. The summed E-state index contributed by atoms with van der Waals surface area (Å²) >= 11 is 0. The van der Waals surface area contributed by atoms with Crippen LogP contribution >= 0.6 is 0 Å². The van der Waals surface area contributed by atoms with Gasteiger partial charge in [0, 0.05) is 23.5 Å². The van der Waals surface area contributed by atoms with Crippen LogP contribution in [0.3, 0.4) is 0 Å². The van der Waals surface area contributed by atoms with Crippen molar-refractivity contribution < 1.29 is 8.42 Å². The van der Waals surface area contributed by atoms with Crippen molar-refractivity contribution in [2.45, 2.75) is 20.3 Å². The summed E-state index contributed by atoms with van der Waals surface area (Å²) in [5.41, 5.74) is 4.59. The van der Waals surface area contributed by atoms with Crippen molar-refractivity contribution in [1.82, 2.24) is 9.97 Å². The normalized spacial score (nSPS) is 11.7. The minimum atomic E-state index is -3.27. The molecule has 6 heteroatoms. The van der Waals surface area contributed by atoms with E-state index in [9.17, 15) is 8.42 Å². The van der Waals surface area contributed by atoms with Gasteiger partial charge in [0.25, 0.3) is 0 Å². The van der Waals surface area contributed by atoms with E-state index >= 15 is 0 Å². The van der Waals surface area contributed by atoms with Crippen molar-refractivity contribution in [3.8, 4) is 11.1 Å². The molecule has 120 valence electrons. The van der Waals surface area contributed by atoms with Crippen LogP contribution in [0, 0.1) is 6.92 Å². The van der Waals surface area contributed by atoms with Crippen molar-refractivity contribution in [2.24, 2.45) is 0 Å². The van der Waals surface area contributed by atoms with Crippen LogP contribution in [0.4, 0.5) is 5.69 Å². The molecule has 3 rings (SSSR count). The van der Waals surface area contributed by atoms with Crippen LogP contribution in [0.15, 0.2) is 42.7 Å². The highest BCUT2D eigenvalue weighted by molar-refractivity contribution is 7.92. The topological polar surface area (TPSA) is 74.8 Å². The number of rotatable bonds is 5. The van der Waals surface area contributed by atoms with E-state index in [4.69, 9.17) is 0 Å². The molecule has 0 atom stereocenters. The SMILES string of the molecule is CCCS(=O)(=O)Nc1ccc(-c2ccnc3[nH]ccc23)c(C)c1. The second-order valence-electron chi connectivity index (χ2n) is 5.55. The largest absolute Gasteiger partial charge is 0.346 e. The van der Waals surface area contributed by atoms with Crippen LogP contribution in [0.2, 0.25) is 0 Å². The highest BCUT2D eigenvalue weighted by Gasteiger charge is 2.12. The van der Waals surface area contributed by atoms with Gasteiger partial charge in [-0.25, -0.2) is 13.4 Å². The first-order valence-corrected chi connectivity index (χ1v) is 9.19. The highest BCUT2D eigenvalue weighted by atomic mass is 32.2. The average Bonchev–Trinajstić information content (AvgIpc) is 2.95. The molecule has 3 aromatic rings. The number of H-pyrrole nitrogens is 1. The third kappa shape index (κ3) is 3.22. The summed E-state index contributed by atoms with van der Waals surface area (Å²) in [6, 6.07) is 9.57. The summed E-state index contributed by atoms with van der Waals surface area (Å²) in [7, 11) is -3.27. The molecule has 0 saturated heterocycles. The molecule has 0 amide bonds. The smallest absolute Gasteiger partial charge is 0.232 e. The zero-order valence-electron chi connectivity index (χ0n) is 13.1. The van der Waals surface area contributed by atoms with Gasteiger partial charge in [0.1, 0.15) is 5.65 Å². The molecule has 0 radical (unpaired) electrons. The minimum Gasteiger partial charge on any atom is -0.346 e. The first-order valence-electron chi connectivity index (χ1n) is 7.54. The van der Waals surface area contributed by atoms with Crippen LogP contribution in [0.1, 0.15) is 18.9 Å². The lowest BCUT2D eigenvalue weighted by Crippen LogP contribution is -2.16. The molecule has 0 saturated carbocycles. The molecule has 0 aliphatic heterocycles. The molecule has 0 aliphatic carbocycles. The summed E-state index contributed by atoms with van der Waals surface area (Å²) < 4.78 is 26.4. The molecular formula is C17H19N3O2S. The number of hydrogen-bond acceptors (Lipinski definition) is 3. The highest BCUT2D eigenvalue weighted by Crippen LogP contribution is 2.31. The Labute approximate surface area is 135 Å². The summed E-state index contributed by atoms with van der Waals surface area (Å²) in [6.45, 7) is 3.82. The first-order chi connectivity index (χ1) is 11.0. The predicted molar refractivity (Wildman–Crippen MR) is 94.0 cm³/mol. The lowest BCUT2D eigenvalue weighted by molar-refractivity contribution is 0.600. The van der Waals surface area contributed by atoms with Crippen molar-refractivity contribution in [3.05, 3.63) is 48.3 Å². The Hall–Kier alpha value is -2.34. The second kappa shape index (κ2) is 6.04. The number of nitrogens with one attached hydrogen (secondary N) is 2. The predicted octanol–water partition coefficient (Wildman–Crippen LogP) is 3.69. The molecule has 1 aromatic carbocycles. The van der Waals surface area contributed by atoms with Crippen LogP contribution in [-0.2, 0) is 10.0 Å². The summed E-state index contributed by atoms with van der Waals surface area (Å²) in [5.74, 6) is 0.127. The monoisotopic (exact) mass is 329 g/mol. The van der Waals surface area contributed by atoms with E-state index < -0.39 is 10.0 Å². The fraction of sp³-hybridized carbons (Fsp3) is 0.235. The van der Waals surface area contributed by atoms with Crippen LogP contribution in [0.5, 0.6) is 0 Å². The summed E-state index contributed by atoms with van der Waals surface area (Å²) in [5, 5.41) is 1.05. The Kier molecular flexibility index (Phi) is 4.09. The van der Waals surface area contributed by atoms with E-state index in [0.717, 1.165) is 27.7 Å². The third-order valence-electron chi connectivity index (χ3n) is 3.72. The lowest BCUT2D eigenvalue weighted by Gasteiger charge is -2.11. The third-order valence-corrected chi connectivity index (χ3v) is 5.22. The Morgan fingerprint density at radius 2 is 2.00 bits per heavy atom. The van der Waals surface area contributed by atoms with Gasteiger partial charge in [-0.1, -0.05) is 13.0 Å². The van der Waals surface area contributed by atoms with Crippen molar-refractivity contribution in [2.75, 3.05) is 10.5 Å². The number of nitrogens with zero attached hydrogens (tertiary/aromatic N) is 1. The van der Waals surface area contributed by atoms with Crippen molar-refractivity contribution in [1.29, 1.82) is 0 Å². The molecule has 0 aliphatic rings. The minimum absolute atomic E-state index is 0.127. The number of sulfonamides is 1. The lowest BCUT2D eigenvalue weighted by atomic mass is 9.99. The Morgan fingerprint density at radius 3 is 2.74 bits per heavy atom. The van der Waals surface area contributed by atoms with Gasteiger partial charge in [0.05, 0.1) is 5.75 Å². The number of aryl methyl sites for hydroxylation is 1. The molecule has 23 heavy (non-hydrogen) atoms. The number of benzene rings is 1. The van der Waals surface area contributed by atoms with Gasteiger partial charge in [-0.05, 0) is 54.3 Å². The zero-order chi connectivity index (χ0) is 16.4. The molecule has 0 spiro atoms. The van der Waals surface area contributed by atoms with Gasteiger partial charge in [-0.3, -0.25) is 4.72 Å². The number of hydrogen-bond donors (Lipinski definition) is 2. The van der Waals surface area contributed by atoms with Gasteiger partial charge in [0.2, 0.25) is 10.0 Å². The van der Waals surface area contributed by atoms with Gasteiger partial charge in [0.15, 0.2) is 0 Å². The molecule has 2 N–H and O–H groups in total. The molecule has 2 aromatic heterocycles. The maximum absolute atomic E-state index is 11.9. The Bertz CT molecular complexity index is 945. The van der Waals surface area contributed by atoms with E-state index in [2.05, 4.69) is 14.7 Å². The number of pyridine rings is 1. The van der Waals surface area contributed by atoms with Crippen LogP contribution in [-0.4, -0.2) is 24.1 Å². The molecule has 2 heterocycles. The number of aromatic nitrogens is 2. The molecule has 5 nitrogen and oxygen atoms in total. The summed E-state index contributed by atoms with van der Waals surface area (Å²) in [6.07, 6.45) is 4.23. The second-order valence-corrected chi connectivity index (χ2v) is 7.39. The molecule has 0 unspecified atom stereocenters. The zero-order valence-corrected chi connectivity index (χ0v) is 13.9. The van der Waals surface area contributed by atoms with Gasteiger partial charge in [-0.15, -0.1) is 0 Å². The number of anilines is 1. The Balaban J connectivity index is 1.99. The first kappa shape index (κ1) is 15.6. The van der Waals surface area contributed by atoms with Gasteiger partial charge in [-0.2, -0.15) is 0 Å².